The molecule has 0 aromatic carbocycles. The summed E-state index contributed by atoms with van der Waals surface area (Å²) in [7, 11) is 1.26. The maximum absolute atomic E-state index is 12.7. The summed E-state index contributed by atoms with van der Waals surface area (Å²) in [4.78, 5) is 2.63. The fourth-order valence-electron chi connectivity index (χ4n) is 0.718. The molecule has 4 nitrogen and oxygen atoms in total. The third kappa shape index (κ3) is 2.78. The third-order valence-corrected chi connectivity index (χ3v) is 1.91. The van der Waals surface area contributed by atoms with E-state index < -0.39 is 21.9 Å². The maximum atomic E-state index is 12.7. The molecule has 13 heavy (non-hydrogen) atoms. The first-order chi connectivity index (χ1) is 5.66. The Balaban J connectivity index is 0.00000144. The van der Waals surface area contributed by atoms with Gasteiger partial charge in [0.1, 0.15) is 10.6 Å². The largest absolute Gasteiger partial charge is 1.00 e. The molecule has 1 heterocycles. The Morgan fingerprint density at radius 1 is 1.69 bits per heavy atom. The van der Waals surface area contributed by atoms with E-state index in [4.69, 9.17) is 0 Å². The topological polar surface area (TPSA) is 62.2 Å². The van der Waals surface area contributed by atoms with Crippen molar-refractivity contribution in [3.63, 3.8) is 0 Å². The smallest absolute Gasteiger partial charge is 0.768 e. The molecule has 7 heteroatoms. The number of halogens is 1. The van der Waals surface area contributed by atoms with Gasteiger partial charge in [0.05, 0.1) is 7.11 Å². The SMILES string of the molecule is COc1ccnc(F)c1S(=O)[O-].[Li+]. The molecular formula is C6H5FLiNO3S. The van der Waals surface area contributed by atoms with Crippen LogP contribution in [0.5, 0.6) is 5.75 Å². The molecule has 0 bridgehead atoms. The van der Waals surface area contributed by atoms with Gasteiger partial charge in [-0.3, -0.25) is 4.21 Å². The van der Waals surface area contributed by atoms with Gasteiger partial charge in [0.25, 0.3) is 0 Å². The quantitative estimate of drug-likeness (QED) is 0.298. The summed E-state index contributed by atoms with van der Waals surface area (Å²) in [6.45, 7) is 0. The minimum Gasteiger partial charge on any atom is -0.768 e. The van der Waals surface area contributed by atoms with Crippen molar-refractivity contribution in [2.75, 3.05) is 7.11 Å². The van der Waals surface area contributed by atoms with Crippen LogP contribution in [0.3, 0.4) is 0 Å². The van der Waals surface area contributed by atoms with Crippen LogP contribution in [0, 0.1) is 5.95 Å². The van der Waals surface area contributed by atoms with E-state index in [2.05, 4.69) is 9.72 Å². The minimum atomic E-state index is -2.66. The Kier molecular flexibility index (Phi) is 5.18. The van der Waals surface area contributed by atoms with Crippen molar-refractivity contribution >= 4 is 11.1 Å². The fraction of sp³-hybridized carbons (Fsp3) is 0.167. The Hall–Kier alpha value is -0.413. The molecule has 0 aliphatic carbocycles. The number of pyridine rings is 1. The second kappa shape index (κ2) is 5.35. The first-order valence-corrected chi connectivity index (χ1v) is 4.02. The fourth-order valence-corrected chi connectivity index (χ4v) is 1.22. The van der Waals surface area contributed by atoms with Gasteiger partial charge in [0.15, 0.2) is 0 Å². The average molecular weight is 197 g/mol. The number of aromatic nitrogens is 1. The monoisotopic (exact) mass is 197 g/mol. The molecular weight excluding hydrogens is 192 g/mol. The minimum absolute atomic E-state index is 0. The molecule has 0 aliphatic heterocycles. The van der Waals surface area contributed by atoms with E-state index in [1.165, 1.54) is 13.2 Å². The van der Waals surface area contributed by atoms with Gasteiger partial charge in [-0.25, -0.2) is 4.98 Å². The van der Waals surface area contributed by atoms with E-state index in [1.807, 2.05) is 0 Å². The van der Waals surface area contributed by atoms with E-state index in [0.29, 0.717) is 0 Å². The van der Waals surface area contributed by atoms with Gasteiger partial charge in [0.2, 0.25) is 5.95 Å². The Bertz CT molecular complexity index is 323. The van der Waals surface area contributed by atoms with Crippen molar-refractivity contribution in [1.82, 2.24) is 4.98 Å². The van der Waals surface area contributed by atoms with Crippen LogP contribution in [0.15, 0.2) is 17.2 Å². The Morgan fingerprint density at radius 2 is 2.31 bits per heavy atom. The predicted octanol–water partition coefficient (Wildman–Crippen LogP) is -2.53. The molecule has 1 aromatic heterocycles. The van der Waals surface area contributed by atoms with Crippen LogP contribution >= 0.6 is 0 Å². The average Bonchev–Trinajstić information content (AvgIpc) is 2.03. The van der Waals surface area contributed by atoms with Crippen LogP contribution in [-0.2, 0) is 11.1 Å². The zero-order chi connectivity index (χ0) is 9.14. The van der Waals surface area contributed by atoms with Crippen LogP contribution in [0.2, 0.25) is 0 Å². The van der Waals surface area contributed by atoms with E-state index in [0.717, 1.165) is 6.20 Å². The summed E-state index contributed by atoms with van der Waals surface area (Å²) < 4.78 is 38.2. The van der Waals surface area contributed by atoms with Crippen LogP contribution < -0.4 is 23.6 Å². The molecule has 66 valence electrons. The molecule has 0 fully saturated rings. The van der Waals surface area contributed by atoms with Crippen molar-refractivity contribution in [2.24, 2.45) is 0 Å². The molecule has 1 unspecified atom stereocenters. The molecule has 0 amide bonds. The third-order valence-electron chi connectivity index (χ3n) is 1.21. The van der Waals surface area contributed by atoms with Gasteiger partial charge in [-0.2, -0.15) is 4.39 Å². The second-order valence-electron chi connectivity index (χ2n) is 1.87. The van der Waals surface area contributed by atoms with Crippen molar-refractivity contribution in [2.45, 2.75) is 4.90 Å². The van der Waals surface area contributed by atoms with Crippen LogP contribution in [0.4, 0.5) is 4.39 Å². The zero-order valence-corrected chi connectivity index (χ0v) is 7.93. The zero-order valence-electron chi connectivity index (χ0n) is 7.11. The van der Waals surface area contributed by atoms with Gasteiger partial charge in [-0.05, 0) is 17.1 Å². The molecule has 0 aliphatic rings. The molecule has 1 rings (SSSR count). The van der Waals surface area contributed by atoms with Crippen LogP contribution in [0.25, 0.3) is 0 Å². The second-order valence-corrected chi connectivity index (χ2v) is 2.75. The van der Waals surface area contributed by atoms with Gasteiger partial charge in [-0.1, -0.05) is 0 Å². The molecule has 0 N–H and O–H groups in total. The van der Waals surface area contributed by atoms with Gasteiger partial charge < -0.3 is 9.29 Å². The maximum Gasteiger partial charge on any atom is 1.00 e. The number of nitrogens with zero attached hydrogens (tertiary/aromatic N) is 1. The standard InChI is InChI=1S/C6H6FNO3S.Li/c1-11-4-2-3-8-6(7)5(4)12(9)10;/h2-3H,1H3,(H,9,10);/q;+1/p-1. The van der Waals surface area contributed by atoms with Gasteiger partial charge in [0, 0.05) is 6.20 Å². The summed E-state index contributed by atoms with van der Waals surface area (Å²) >= 11 is -2.66. The Morgan fingerprint density at radius 3 is 2.69 bits per heavy atom. The number of hydrogen-bond donors (Lipinski definition) is 0. The Labute approximate surface area is 89.0 Å². The van der Waals surface area contributed by atoms with E-state index in [9.17, 15) is 13.2 Å². The number of hydrogen-bond acceptors (Lipinski definition) is 4. The number of rotatable bonds is 2. The first kappa shape index (κ1) is 12.6. The summed E-state index contributed by atoms with van der Waals surface area (Å²) in [6.07, 6.45) is 1.13. The summed E-state index contributed by atoms with van der Waals surface area (Å²) in [5.41, 5.74) is 0. The molecule has 0 radical (unpaired) electrons. The normalized spacial score (nSPS) is 11.6. The van der Waals surface area contributed by atoms with Crippen molar-refractivity contribution in [3.05, 3.63) is 18.2 Å². The van der Waals surface area contributed by atoms with Crippen molar-refractivity contribution < 1.29 is 36.7 Å². The summed E-state index contributed by atoms with van der Waals surface area (Å²) in [5.74, 6) is -1.10. The predicted molar refractivity (Wildman–Crippen MR) is 37.9 cm³/mol. The molecule has 1 atom stereocenters. The number of methoxy groups -OCH3 is 1. The van der Waals surface area contributed by atoms with Crippen molar-refractivity contribution in [3.8, 4) is 5.75 Å². The van der Waals surface area contributed by atoms with Crippen LogP contribution in [0.1, 0.15) is 0 Å². The molecule has 1 aromatic rings. The van der Waals surface area contributed by atoms with Crippen molar-refractivity contribution in [1.29, 1.82) is 0 Å². The van der Waals surface area contributed by atoms with Crippen LogP contribution in [-0.4, -0.2) is 20.9 Å². The van der Waals surface area contributed by atoms with E-state index in [1.54, 1.807) is 0 Å². The molecule has 0 saturated carbocycles. The molecule has 0 spiro atoms. The number of ether oxygens (including phenoxy) is 1. The first-order valence-electron chi connectivity index (χ1n) is 2.94. The van der Waals surface area contributed by atoms with E-state index >= 15 is 0 Å². The molecule has 0 saturated heterocycles. The summed E-state index contributed by atoms with van der Waals surface area (Å²) in [5, 5.41) is 0. The summed E-state index contributed by atoms with van der Waals surface area (Å²) in [6, 6.07) is 1.27. The van der Waals surface area contributed by atoms with Gasteiger partial charge in [-0.15, -0.1) is 0 Å². The van der Waals surface area contributed by atoms with Gasteiger partial charge >= 0.3 is 18.9 Å². The van der Waals surface area contributed by atoms with E-state index in [-0.39, 0.29) is 24.6 Å².